The molecule has 0 aliphatic carbocycles. The molecule has 3 rings (SSSR count). The normalized spacial score (nSPS) is 12.0. The van der Waals surface area contributed by atoms with E-state index in [9.17, 15) is 10.1 Å². The zero-order chi connectivity index (χ0) is 15.5. The summed E-state index contributed by atoms with van der Waals surface area (Å²) in [7, 11) is 0. The van der Waals surface area contributed by atoms with Crippen molar-refractivity contribution in [3.8, 4) is 0 Å². The fourth-order valence-electron chi connectivity index (χ4n) is 2.24. The maximum Gasteiger partial charge on any atom is 0.305 e. The van der Waals surface area contributed by atoms with Crippen molar-refractivity contribution in [3.63, 3.8) is 0 Å². The zero-order valence-corrected chi connectivity index (χ0v) is 11.9. The van der Waals surface area contributed by atoms with Gasteiger partial charge in [-0.2, -0.15) is 0 Å². The molecule has 1 aromatic heterocycles. The Morgan fingerprint density at radius 2 is 1.77 bits per heavy atom. The lowest BCUT2D eigenvalue weighted by Gasteiger charge is -2.14. The van der Waals surface area contributed by atoms with E-state index >= 15 is 0 Å². The maximum atomic E-state index is 10.6. The molecule has 6 heteroatoms. The predicted octanol–water partition coefficient (Wildman–Crippen LogP) is 3.71. The van der Waals surface area contributed by atoms with Gasteiger partial charge in [0.1, 0.15) is 12.4 Å². The molecule has 110 valence electrons. The summed E-state index contributed by atoms with van der Waals surface area (Å²) in [6, 6.07) is 14.4. The predicted molar refractivity (Wildman–Crippen MR) is 84.7 cm³/mol. The Hall–Kier alpha value is -3.02. The quantitative estimate of drug-likeness (QED) is 0.586. The summed E-state index contributed by atoms with van der Waals surface area (Å²) in [5.41, 5.74) is 0.976. The van der Waals surface area contributed by atoms with Gasteiger partial charge in [0.15, 0.2) is 0 Å². The highest BCUT2D eigenvalue weighted by molar-refractivity contribution is 5.83. The monoisotopic (exact) mass is 294 g/mol. The number of hydrogen-bond acceptors (Lipinski definition) is 5. The molecule has 1 unspecified atom stereocenters. The van der Waals surface area contributed by atoms with Gasteiger partial charge in [-0.1, -0.05) is 36.4 Å². The van der Waals surface area contributed by atoms with E-state index in [1.807, 2.05) is 25.1 Å². The fourth-order valence-corrected chi connectivity index (χ4v) is 2.24. The molecule has 2 aromatic carbocycles. The Kier molecular flexibility index (Phi) is 3.65. The van der Waals surface area contributed by atoms with Gasteiger partial charge in [-0.3, -0.25) is 10.1 Å². The van der Waals surface area contributed by atoms with E-state index in [-0.39, 0.29) is 11.7 Å². The number of nitro groups is 1. The molecule has 0 fully saturated rings. The van der Waals surface area contributed by atoms with Crippen molar-refractivity contribution in [3.05, 3.63) is 70.5 Å². The first-order valence-electron chi connectivity index (χ1n) is 6.85. The molecule has 0 saturated heterocycles. The Bertz CT molecular complexity index is 818. The first-order valence-corrected chi connectivity index (χ1v) is 6.85. The Labute approximate surface area is 127 Å². The van der Waals surface area contributed by atoms with E-state index < -0.39 is 4.92 Å². The van der Waals surface area contributed by atoms with Crippen LogP contribution in [0.15, 0.2) is 54.9 Å². The molecule has 3 aromatic rings. The van der Waals surface area contributed by atoms with Crippen LogP contribution in [-0.4, -0.2) is 14.9 Å². The van der Waals surface area contributed by atoms with Crippen molar-refractivity contribution >= 4 is 22.4 Å². The highest BCUT2D eigenvalue weighted by Gasteiger charge is 2.10. The van der Waals surface area contributed by atoms with E-state index in [2.05, 4.69) is 39.6 Å². The van der Waals surface area contributed by atoms with Crippen LogP contribution in [0.2, 0.25) is 0 Å². The van der Waals surface area contributed by atoms with Gasteiger partial charge in [0.2, 0.25) is 5.95 Å². The van der Waals surface area contributed by atoms with Crippen LogP contribution in [0.3, 0.4) is 0 Å². The third-order valence-corrected chi connectivity index (χ3v) is 3.47. The number of hydrogen-bond donors (Lipinski definition) is 1. The SMILES string of the molecule is CC(Nc1ncc([N+](=O)[O-])cn1)c1ccc2ccccc2c1. The number of aromatic nitrogens is 2. The van der Waals surface area contributed by atoms with Gasteiger partial charge >= 0.3 is 5.69 Å². The molecule has 0 aliphatic heterocycles. The van der Waals surface area contributed by atoms with Gasteiger partial charge in [-0.05, 0) is 29.3 Å². The molecule has 0 aliphatic rings. The molecule has 0 amide bonds. The average molecular weight is 294 g/mol. The molecule has 1 atom stereocenters. The van der Waals surface area contributed by atoms with Crippen LogP contribution >= 0.6 is 0 Å². The van der Waals surface area contributed by atoms with E-state index in [4.69, 9.17) is 0 Å². The van der Waals surface area contributed by atoms with Crippen LogP contribution in [0.1, 0.15) is 18.5 Å². The van der Waals surface area contributed by atoms with E-state index in [1.165, 1.54) is 23.2 Å². The van der Waals surface area contributed by atoms with Crippen LogP contribution in [0, 0.1) is 10.1 Å². The average Bonchev–Trinajstić information content (AvgIpc) is 2.55. The summed E-state index contributed by atoms with van der Waals surface area (Å²) in [5, 5.41) is 16.1. The number of anilines is 1. The van der Waals surface area contributed by atoms with E-state index in [0.717, 1.165) is 5.56 Å². The highest BCUT2D eigenvalue weighted by atomic mass is 16.6. The zero-order valence-electron chi connectivity index (χ0n) is 11.9. The number of nitrogens with one attached hydrogen (secondary N) is 1. The minimum atomic E-state index is -0.517. The Morgan fingerprint density at radius 3 is 2.45 bits per heavy atom. The smallest absolute Gasteiger partial charge is 0.305 e. The highest BCUT2D eigenvalue weighted by Crippen LogP contribution is 2.22. The molecule has 0 saturated carbocycles. The van der Waals surface area contributed by atoms with E-state index in [1.54, 1.807) is 0 Å². The molecule has 1 heterocycles. The Morgan fingerprint density at radius 1 is 1.09 bits per heavy atom. The second-order valence-corrected chi connectivity index (χ2v) is 4.99. The minimum absolute atomic E-state index is 0.00828. The number of nitrogens with zero attached hydrogens (tertiary/aromatic N) is 3. The summed E-state index contributed by atoms with van der Waals surface area (Å²) in [4.78, 5) is 18.0. The molecule has 1 N–H and O–H groups in total. The molecular formula is C16H14N4O2. The van der Waals surface area contributed by atoms with Gasteiger partial charge in [-0.15, -0.1) is 0 Å². The third-order valence-electron chi connectivity index (χ3n) is 3.47. The van der Waals surface area contributed by atoms with E-state index in [0.29, 0.717) is 5.95 Å². The first kappa shape index (κ1) is 13.9. The molecule has 0 radical (unpaired) electrons. The summed E-state index contributed by atoms with van der Waals surface area (Å²) in [6.07, 6.45) is 2.39. The lowest BCUT2D eigenvalue weighted by Crippen LogP contribution is -2.09. The molecule has 6 nitrogen and oxygen atoms in total. The van der Waals surface area contributed by atoms with Crippen molar-refractivity contribution < 1.29 is 4.92 Å². The summed E-state index contributed by atoms with van der Waals surface area (Å²) in [5.74, 6) is 0.367. The molecule has 0 spiro atoms. The van der Waals surface area contributed by atoms with Gasteiger partial charge in [0, 0.05) is 0 Å². The van der Waals surface area contributed by atoms with Gasteiger partial charge < -0.3 is 5.32 Å². The lowest BCUT2D eigenvalue weighted by atomic mass is 10.0. The van der Waals surface area contributed by atoms with Crippen LogP contribution in [0.5, 0.6) is 0 Å². The maximum absolute atomic E-state index is 10.6. The van der Waals surface area contributed by atoms with Gasteiger partial charge in [0.05, 0.1) is 11.0 Å². The van der Waals surface area contributed by atoms with Crippen molar-refractivity contribution in [2.24, 2.45) is 0 Å². The van der Waals surface area contributed by atoms with Crippen LogP contribution in [-0.2, 0) is 0 Å². The molecule has 22 heavy (non-hydrogen) atoms. The third kappa shape index (κ3) is 2.85. The molecular weight excluding hydrogens is 280 g/mol. The van der Waals surface area contributed by atoms with Crippen LogP contribution in [0.25, 0.3) is 10.8 Å². The van der Waals surface area contributed by atoms with Crippen LogP contribution in [0.4, 0.5) is 11.6 Å². The summed E-state index contributed by atoms with van der Waals surface area (Å²) in [6.45, 7) is 1.99. The largest absolute Gasteiger partial charge is 0.348 e. The second-order valence-electron chi connectivity index (χ2n) is 4.99. The lowest BCUT2D eigenvalue weighted by molar-refractivity contribution is -0.385. The fraction of sp³-hybridized carbons (Fsp3) is 0.125. The summed E-state index contributed by atoms with van der Waals surface area (Å²) < 4.78 is 0. The van der Waals surface area contributed by atoms with Gasteiger partial charge in [0.25, 0.3) is 0 Å². The van der Waals surface area contributed by atoms with Gasteiger partial charge in [-0.25, -0.2) is 9.97 Å². The number of rotatable bonds is 4. The number of fused-ring (bicyclic) bond motifs is 1. The van der Waals surface area contributed by atoms with Crippen molar-refractivity contribution in [2.75, 3.05) is 5.32 Å². The summed E-state index contributed by atoms with van der Waals surface area (Å²) >= 11 is 0. The van der Waals surface area contributed by atoms with Crippen molar-refractivity contribution in [1.29, 1.82) is 0 Å². The standard InChI is InChI=1S/C16H14N4O2/c1-11(19-16-17-9-15(10-18-16)20(21)22)13-7-6-12-4-2-3-5-14(12)8-13/h2-11H,1H3,(H,17,18,19). The minimum Gasteiger partial charge on any atom is -0.348 e. The van der Waals surface area contributed by atoms with Crippen molar-refractivity contribution in [1.82, 2.24) is 9.97 Å². The first-order chi connectivity index (χ1) is 10.6. The van der Waals surface area contributed by atoms with Crippen molar-refractivity contribution in [2.45, 2.75) is 13.0 Å². The topological polar surface area (TPSA) is 81.0 Å². The molecule has 0 bridgehead atoms. The Balaban J connectivity index is 1.80. The second kappa shape index (κ2) is 5.77. The number of benzene rings is 2. The van der Waals surface area contributed by atoms with Crippen LogP contribution < -0.4 is 5.32 Å².